The van der Waals surface area contributed by atoms with Crippen LogP contribution in [0.2, 0.25) is 15.1 Å². The van der Waals surface area contributed by atoms with Gasteiger partial charge < -0.3 is 5.32 Å². The first-order valence-corrected chi connectivity index (χ1v) is 13.9. The zero-order valence-electron chi connectivity index (χ0n) is 18.2. The zero-order chi connectivity index (χ0) is 23.9. The van der Waals surface area contributed by atoms with E-state index in [1.54, 1.807) is 16.8 Å². The molecule has 0 radical (unpaired) electrons. The average molecular weight is 541 g/mol. The van der Waals surface area contributed by atoms with Crippen molar-refractivity contribution in [1.82, 2.24) is 20.1 Å². The molecule has 3 N–H and O–H groups in total. The maximum atomic E-state index is 9.96. The number of halogens is 3. The Morgan fingerprint density at radius 3 is 2.29 bits per heavy atom. The fourth-order valence-corrected chi connectivity index (χ4v) is 5.52. The lowest BCUT2D eigenvalue weighted by Gasteiger charge is -2.39. The molecule has 1 aliphatic carbocycles. The minimum Gasteiger partial charge on any atom is -0.364 e. The van der Waals surface area contributed by atoms with Gasteiger partial charge in [0.05, 0.1) is 41.0 Å². The highest BCUT2D eigenvalue weighted by atomic mass is 35.5. The summed E-state index contributed by atoms with van der Waals surface area (Å²) in [5.41, 5.74) is 3.11. The van der Waals surface area contributed by atoms with Crippen molar-refractivity contribution in [3.05, 3.63) is 69.3 Å². The number of benzene rings is 2. The van der Waals surface area contributed by atoms with Gasteiger partial charge in [-0.3, -0.25) is 14.1 Å². The van der Waals surface area contributed by atoms with Crippen LogP contribution < -0.4 is 5.32 Å². The quantitative estimate of drug-likeness (QED) is 0.274. The largest absolute Gasteiger partial charge is 0.364 e. The number of hydrazone groups is 1. The Labute approximate surface area is 214 Å². The monoisotopic (exact) mass is 539 g/mol. The number of nitrogens with one attached hydrogen (secondary N) is 1. The van der Waals surface area contributed by atoms with Crippen LogP contribution in [0.5, 0.6) is 0 Å². The summed E-state index contributed by atoms with van der Waals surface area (Å²) in [6.45, 7) is 0.956. The molecule has 2 aliphatic rings. The molecule has 0 bridgehead atoms. The van der Waals surface area contributed by atoms with Gasteiger partial charge in [-0.2, -0.15) is 20.8 Å². The minimum absolute atomic E-state index is 0.318. The first-order chi connectivity index (χ1) is 16.3. The Hall–Kier alpha value is -1.94. The Bertz CT molecular complexity index is 1220. The van der Waals surface area contributed by atoms with Gasteiger partial charge in [-0.05, 0) is 49.2 Å². The molecule has 0 spiro atoms. The molecular weight excluding hydrogens is 517 g/mol. The van der Waals surface area contributed by atoms with Crippen LogP contribution in [0.1, 0.15) is 18.5 Å². The van der Waals surface area contributed by atoms with Crippen molar-refractivity contribution in [1.29, 1.82) is 0 Å². The predicted octanol–water partition coefficient (Wildman–Crippen LogP) is 5.98. The van der Waals surface area contributed by atoms with Crippen molar-refractivity contribution in [2.24, 2.45) is 5.10 Å². The molecule has 1 aromatic heterocycles. The highest BCUT2D eigenvalue weighted by Crippen LogP contribution is 2.40. The summed E-state index contributed by atoms with van der Waals surface area (Å²) in [5, 5.41) is 16.7. The van der Waals surface area contributed by atoms with Crippen molar-refractivity contribution in [3.63, 3.8) is 0 Å². The van der Waals surface area contributed by atoms with Crippen molar-refractivity contribution in [2.75, 3.05) is 24.6 Å². The third kappa shape index (κ3) is 5.48. The van der Waals surface area contributed by atoms with Crippen molar-refractivity contribution >= 4 is 51.2 Å². The number of hydrogen-bond acceptors (Lipinski definition) is 5. The molecule has 2 heterocycles. The molecule has 5 rings (SSSR count). The van der Waals surface area contributed by atoms with Gasteiger partial charge in [0.15, 0.2) is 5.84 Å². The maximum absolute atomic E-state index is 9.96. The summed E-state index contributed by atoms with van der Waals surface area (Å²) in [4.78, 5) is 0. The van der Waals surface area contributed by atoms with E-state index < -0.39 is 10.6 Å². The van der Waals surface area contributed by atoms with E-state index in [0.717, 1.165) is 24.1 Å². The van der Waals surface area contributed by atoms with E-state index in [0.29, 0.717) is 62.9 Å². The number of hydrogen-bond donors (Lipinski definition) is 3. The fourth-order valence-electron chi connectivity index (χ4n) is 3.69. The van der Waals surface area contributed by atoms with Crippen LogP contribution in [0.15, 0.2) is 53.6 Å². The molecule has 1 saturated heterocycles. The first-order valence-electron chi connectivity index (χ1n) is 10.9. The summed E-state index contributed by atoms with van der Waals surface area (Å²) in [7, 11) is -2.50. The normalized spacial score (nSPS) is 19.2. The fraction of sp³-hybridized carbons (Fsp3) is 0.304. The van der Waals surface area contributed by atoms with E-state index in [-0.39, 0.29) is 0 Å². The molecular formula is C23H24Cl3N5O2S. The predicted molar refractivity (Wildman–Crippen MR) is 141 cm³/mol. The molecule has 0 amide bonds. The smallest absolute Gasteiger partial charge is 0.174 e. The van der Waals surface area contributed by atoms with Crippen LogP contribution in [-0.4, -0.2) is 60.4 Å². The summed E-state index contributed by atoms with van der Waals surface area (Å²) in [6, 6.07) is 15.2. The van der Waals surface area contributed by atoms with E-state index in [9.17, 15) is 9.11 Å². The van der Waals surface area contributed by atoms with Crippen LogP contribution in [0.4, 0.5) is 0 Å². The van der Waals surface area contributed by atoms with E-state index >= 15 is 0 Å². The topological polar surface area (TPSA) is 85.9 Å². The maximum Gasteiger partial charge on any atom is 0.174 e. The third-order valence-electron chi connectivity index (χ3n) is 5.74. The Kier molecular flexibility index (Phi) is 6.72. The lowest BCUT2D eigenvalue weighted by molar-refractivity contribution is 0.298. The highest BCUT2D eigenvalue weighted by molar-refractivity contribution is 8.24. The molecule has 34 heavy (non-hydrogen) atoms. The first kappa shape index (κ1) is 23.8. The van der Waals surface area contributed by atoms with Crippen molar-refractivity contribution < 1.29 is 9.11 Å². The SMILES string of the molecule is OS1(O)CCN(N=C(NC2CC2)c2cc(-c3ccc(Cl)cc3)n(-c3ccc(Cl)cc3Cl)n2)CC1. The lowest BCUT2D eigenvalue weighted by Crippen LogP contribution is -2.38. The van der Waals surface area contributed by atoms with Gasteiger partial charge in [0, 0.05) is 21.7 Å². The zero-order valence-corrected chi connectivity index (χ0v) is 21.2. The Morgan fingerprint density at radius 1 is 0.971 bits per heavy atom. The Balaban J connectivity index is 1.58. The lowest BCUT2D eigenvalue weighted by atomic mass is 10.1. The molecule has 3 aromatic rings. The van der Waals surface area contributed by atoms with Crippen molar-refractivity contribution in [2.45, 2.75) is 18.9 Å². The van der Waals surface area contributed by atoms with Gasteiger partial charge in [0.2, 0.25) is 0 Å². The second kappa shape index (κ2) is 9.60. The van der Waals surface area contributed by atoms with Gasteiger partial charge in [0.1, 0.15) is 5.69 Å². The highest BCUT2D eigenvalue weighted by Gasteiger charge is 2.27. The van der Waals surface area contributed by atoms with Crippen LogP contribution in [0.25, 0.3) is 16.9 Å². The van der Waals surface area contributed by atoms with Crippen LogP contribution in [0.3, 0.4) is 0 Å². The van der Waals surface area contributed by atoms with E-state index in [2.05, 4.69) is 5.32 Å². The Morgan fingerprint density at radius 2 is 1.65 bits per heavy atom. The second-order valence-corrected chi connectivity index (χ2v) is 12.2. The molecule has 1 aliphatic heterocycles. The van der Waals surface area contributed by atoms with Gasteiger partial charge in [-0.1, -0.05) is 46.9 Å². The van der Waals surface area contributed by atoms with Crippen molar-refractivity contribution in [3.8, 4) is 16.9 Å². The molecule has 11 heteroatoms. The molecule has 2 aromatic carbocycles. The summed E-state index contributed by atoms with van der Waals surface area (Å²) in [5.74, 6) is 1.29. The average Bonchev–Trinajstić information content (AvgIpc) is 3.51. The summed E-state index contributed by atoms with van der Waals surface area (Å²) < 4.78 is 21.7. The number of amidine groups is 1. The van der Waals surface area contributed by atoms with Crippen LogP contribution in [-0.2, 0) is 0 Å². The molecule has 0 unspecified atom stereocenters. The molecule has 0 atom stereocenters. The third-order valence-corrected chi connectivity index (χ3v) is 8.20. The van der Waals surface area contributed by atoms with Gasteiger partial charge in [0.25, 0.3) is 0 Å². The molecule has 1 saturated carbocycles. The summed E-state index contributed by atoms with van der Waals surface area (Å²) in [6.07, 6.45) is 2.15. The van der Waals surface area contributed by atoms with E-state index in [1.807, 2.05) is 41.4 Å². The number of aromatic nitrogens is 2. The molecule has 2 fully saturated rings. The molecule has 180 valence electrons. The van der Waals surface area contributed by atoms with Gasteiger partial charge >= 0.3 is 0 Å². The minimum atomic E-state index is -2.50. The van der Waals surface area contributed by atoms with Crippen LogP contribution >= 0.6 is 45.4 Å². The van der Waals surface area contributed by atoms with E-state index in [1.165, 1.54) is 0 Å². The van der Waals surface area contributed by atoms with Gasteiger partial charge in [-0.15, -0.1) is 0 Å². The standard InChI is InChI=1S/C23H24Cl3N5O2S/c24-16-3-1-15(2-4-16)22-14-20(28-31(22)21-8-5-17(25)13-19(21)26)23(27-18-6-7-18)29-30-9-11-34(32,33)12-10-30/h1-5,8,13-14,18,32-33H,6-7,9-12H2,(H,27,29). The number of nitrogens with zero attached hydrogens (tertiary/aromatic N) is 4. The number of rotatable bonds is 5. The van der Waals surface area contributed by atoms with Gasteiger partial charge in [-0.25, -0.2) is 4.68 Å². The summed E-state index contributed by atoms with van der Waals surface area (Å²) >= 11 is 18.8. The second-order valence-electron chi connectivity index (χ2n) is 8.46. The van der Waals surface area contributed by atoms with E-state index in [4.69, 9.17) is 45.0 Å². The van der Waals surface area contributed by atoms with Crippen LogP contribution in [0, 0.1) is 0 Å². The molecule has 7 nitrogen and oxygen atoms in total.